The first-order valence-electron chi connectivity index (χ1n) is 8.97. The van der Waals surface area contributed by atoms with Gasteiger partial charge in [-0.2, -0.15) is 0 Å². The Kier molecular flexibility index (Phi) is 4.57. The summed E-state index contributed by atoms with van der Waals surface area (Å²) in [5.74, 6) is 0.298. The van der Waals surface area contributed by atoms with E-state index in [-0.39, 0.29) is 5.91 Å². The Bertz CT molecular complexity index is 1010. The molecule has 1 fully saturated rings. The molecule has 2 aromatic heterocycles. The van der Waals surface area contributed by atoms with Gasteiger partial charge in [0.25, 0.3) is 5.91 Å². The summed E-state index contributed by atoms with van der Waals surface area (Å²) in [5.41, 5.74) is 9.67. The SMILES string of the molecule is CNC(=O)c1sc2nc(NC)nc(-c3cccc(N4CCCC4)c3)c2c1N. The second-order valence-corrected chi connectivity index (χ2v) is 7.49. The predicted octanol–water partition coefficient (Wildman–Crippen LogP) is 2.94. The minimum Gasteiger partial charge on any atom is -0.397 e. The fourth-order valence-corrected chi connectivity index (χ4v) is 4.49. The molecule has 1 aliphatic heterocycles. The normalized spacial score (nSPS) is 13.9. The number of fused-ring (bicyclic) bond motifs is 1. The van der Waals surface area contributed by atoms with Crippen LogP contribution in [0.1, 0.15) is 22.5 Å². The number of thiophene rings is 1. The molecule has 1 saturated heterocycles. The van der Waals surface area contributed by atoms with Gasteiger partial charge in [-0.15, -0.1) is 11.3 Å². The summed E-state index contributed by atoms with van der Waals surface area (Å²) in [6.45, 7) is 2.15. The number of nitrogens with one attached hydrogen (secondary N) is 2. The van der Waals surface area contributed by atoms with Gasteiger partial charge in [-0.3, -0.25) is 4.79 Å². The van der Waals surface area contributed by atoms with E-state index < -0.39 is 0 Å². The van der Waals surface area contributed by atoms with Gasteiger partial charge in [0, 0.05) is 38.4 Å². The third kappa shape index (κ3) is 3.06. The number of hydrogen-bond acceptors (Lipinski definition) is 7. The fourth-order valence-electron chi connectivity index (χ4n) is 3.45. The number of nitrogens with two attached hydrogens (primary N) is 1. The highest BCUT2D eigenvalue weighted by Gasteiger charge is 2.22. The molecule has 0 saturated carbocycles. The number of aromatic nitrogens is 2. The standard InChI is InChI=1S/C19H22N6OS/c1-21-17(26)16-14(20)13-15(23-19(22-2)24-18(13)27-16)11-6-5-7-12(10-11)25-8-3-4-9-25/h5-7,10H,3-4,8-9,20H2,1-2H3,(H,21,26)(H,22,23,24). The fraction of sp³-hybridized carbons (Fsp3) is 0.316. The van der Waals surface area contributed by atoms with Gasteiger partial charge in [0.05, 0.1) is 16.8 Å². The van der Waals surface area contributed by atoms with Crippen molar-refractivity contribution >= 4 is 44.8 Å². The first-order valence-corrected chi connectivity index (χ1v) is 9.79. The van der Waals surface area contributed by atoms with Crippen LogP contribution in [0.3, 0.4) is 0 Å². The van der Waals surface area contributed by atoms with Crippen LogP contribution in [0.2, 0.25) is 0 Å². The third-order valence-corrected chi connectivity index (χ3v) is 5.93. The van der Waals surface area contributed by atoms with E-state index in [9.17, 15) is 4.79 Å². The minimum absolute atomic E-state index is 0.210. The van der Waals surface area contributed by atoms with E-state index in [1.807, 2.05) is 12.1 Å². The molecule has 1 aromatic carbocycles. The Hall–Kier alpha value is -2.87. The molecule has 3 aromatic rings. The van der Waals surface area contributed by atoms with Crippen LogP contribution in [-0.2, 0) is 0 Å². The third-order valence-electron chi connectivity index (χ3n) is 4.84. The molecule has 0 bridgehead atoms. The molecule has 27 heavy (non-hydrogen) atoms. The summed E-state index contributed by atoms with van der Waals surface area (Å²) in [5, 5.41) is 6.37. The predicted molar refractivity (Wildman–Crippen MR) is 112 cm³/mol. The number of anilines is 3. The largest absolute Gasteiger partial charge is 0.397 e. The van der Waals surface area contributed by atoms with Crippen molar-refractivity contribution in [2.45, 2.75) is 12.8 Å². The highest BCUT2D eigenvalue weighted by molar-refractivity contribution is 7.21. The van der Waals surface area contributed by atoms with Gasteiger partial charge in [-0.05, 0) is 25.0 Å². The number of benzene rings is 1. The maximum atomic E-state index is 12.2. The van der Waals surface area contributed by atoms with Crippen LogP contribution in [0.5, 0.6) is 0 Å². The topological polar surface area (TPSA) is 96.2 Å². The van der Waals surface area contributed by atoms with Crippen LogP contribution in [-0.4, -0.2) is 43.1 Å². The number of nitrogen functional groups attached to an aromatic ring is 1. The Morgan fingerprint density at radius 2 is 2.00 bits per heavy atom. The number of amides is 1. The molecule has 4 rings (SSSR count). The molecular weight excluding hydrogens is 360 g/mol. The van der Waals surface area contributed by atoms with Crippen molar-refractivity contribution in [3.05, 3.63) is 29.1 Å². The van der Waals surface area contributed by atoms with E-state index in [1.54, 1.807) is 14.1 Å². The van der Waals surface area contributed by atoms with Crippen LogP contribution in [0.15, 0.2) is 24.3 Å². The molecule has 0 radical (unpaired) electrons. The highest BCUT2D eigenvalue weighted by atomic mass is 32.1. The van der Waals surface area contributed by atoms with E-state index in [4.69, 9.17) is 5.73 Å². The number of carbonyl (C=O) groups is 1. The molecule has 7 nitrogen and oxygen atoms in total. The number of carbonyl (C=O) groups excluding carboxylic acids is 1. The lowest BCUT2D eigenvalue weighted by atomic mass is 10.1. The maximum Gasteiger partial charge on any atom is 0.263 e. The second-order valence-electron chi connectivity index (χ2n) is 6.49. The lowest BCUT2D eigenvalue weighted by Crippen LogP contribution is -2.17. The van der Waals surface area contributed by atoms with Gasteiger partial charge >= 0.3 is 0 Å². The Labute approximate surface area is 161 Å². The Morgan fingerprint density at radius 3 is 2.70 bits per heavy atom. The second kappa shape index (κ2) is 7.03. The summed E-state index contributed by atoms with van der Waals surface area (Å²) in [6, 6.07) is 8.33. The summed E-state index contributed by atoms with van der Waals surface area (Å²) in [7, 11) is 3.37. The van der Waals surface area contributed by atoms with E-state index in [0.717, 1.165) is 29.7 Å². The number of nitrogens with zero attached hydrogens (tertiary/aromatic N) is 3. The van der Waals surface area contributed by atoms with Crippen LogP contribution in [0.25, 0.3) is 21.5 Å². The quantitative estimate of drug-likeness (QED) is 0.642. The minimum atomic E-state index is -0.210. The molecule has 8 heteroatoms. The number of hydrogen-bond donors (Lipinski definition) is 3. The highest BCUT2D eigenvalue weighted by Crippen LogP contribution is 2.39. The zero-order valence-electron chi connectivity index (χ0n) is 15.4. The first kappa shape index (κ1) is 17.5. The molecule has 0 unspecified atom stereocenters. The molecule has 1 amide bonds. The monoisotopic (exact) mass is 382 g/mol. The first-order chi connectivity index (χ1) is 13.1. The van der Waals surface area contributed by atoms with Gasteiger partial charge in [-0.1, -0.05) is 12.1 Å². The zero-order valence-corrected chi connectivity index (χ0v) is 16.2. The summed E-state index contributed by atoms with van der Waals surface area (Å²) < 4.78 is 0. The molecular formula is C19H22N6OS. The summed E-state index contributed by atoms with van der Waals surface area (Å²) in [4.78, 5) is 24.9. The number of rotatable bonds is 4. The van der Waals surface area contributed by atoms with Crippen molar-refractivity contribution < 1.29 is 4.79 Å². The van der Waals surface area contributed by atoms with Gasteiger partial charge in [0.15, 0.2) is 0 Å². The van der Waals surface area contributed by atoms with Gasteiger partial charge in [0.1, 0.15) is 9.71 Å². The van der Waals surface area contributed by atoms with Crippen LogP contribution in [0.4, 0.5) is 17.3 Å². The van der Waals surface area contributed by atoms with E-state index in [0.29, 0.717) is 21.3 Å². The maximum absolute atomic E-state index is 12.2. The Balaban J connectivity index is 1.91. The molecule has 0 spiro atoms. The average molecular weight is 382 g/mol. The van der Waals surface area contributed by atoms with Crippen molar-refractivity contribution in [3.63, 3.8) is 0 Å². The van der Waals surface area contributed by atoms with Crippen LogP contribution >= 0.6 is 11.3 Å². The Morgan fingerprint density at radius 1 is 1.22 bits per heavy atom. The lowest BCUT2D eigenvalue weighted by Gasteiger charge is -2.18. The van der Waals surface area contributed by atoms with Crippen LogP contribution < -0.4 is 21.3 Å². The van der Waals surface area contributed by atoms with Crippen molar-refractivity contribution in [2.75, 3.05) is 43.1 Å². The molecule has 140 valence electrons. The lowest BCUT2D eigenvalue weighted by molar-refractivity contribution is 0.0968. The van der Waals surface area contributed by atoms with E-state index >= 15 is 0 Å². The molecule has 3 heterocycles. The van der Waals surface area contributed by atoms with Crippen molar-refractivity contribution in [1.82, 2.24) is 15.3 Å². The summed E-state index contributed by atoms with van der Waals surface area (Å²) >= 11 is 1.29. The molecule has 0 atom stereocenters. The molecule has 1 aliphatic rings. The van der Waals surface area contributed by atoms with Gasteiger partial charge < -0.3 is 21.3 Å². The van der Waals surface area contributed by atoms with Crippen molar-refractivity contribution in [1.29, 1.82) is 0 Å². The van der Waals surface area contributed by atoms with Gasteiger partial charge in [-0.25, -0.2) is 9.97 Å². The van der Waals surface area contributed by atoms with Crippen molar-refractivity contribution in [3.8, 4) is 11.3 Å². The smallest absolute Gasteiger partial charge is 0.263 e. The van der Waals surface area contributed by atoms with E-state index in [2.05, 4.69) is 37.6 Å². The molecule has 4 N–H and O–H groups in total. The van der Waals surface area contributed by atoms with Crippen molar-refractivity contribution in [2.24, 2.45) is 0 Å². The summed E-state index contributed by atoms with van der Waals surface area (Å²) in [6.07, 6.45) is 2.44. The molecule has 0 aliphatic carbocycles. The van der Waals surface area contributed by atoms with E-state index in [1.165, 1.54) is 29.9 Å². The van der Waals surface area contributed by atoms with Gasteiger partial charge in [0.2, 0.25) is 5.95 Å². The average Bonchev–Trinajstić information content (AvgIpc) is 3.35. The van der Waals surface area contributed by atoms with Crippen LogP contribution in [0, 0.1) is 0 Å². The zero-order chi connectivity index (χ0) is 19.0.